The van der Waals surface area contributed by atoms with Crippen LogP contribution in [0.3, 0.4) is 0 Å². The number of hydrogen-bond acceptors (Lipinski definition) is 11. The third-order valence-corrected chi connectivity index (χ3v) is 5.65. The molecular formula is C32H54N6O11. The first kappa shape index (κ1) is 44.2. The Hall–Kier alpha value is -4.83. The summed E-state index contributed by atoms with van der Waals surface area (Å²) < 4.78 is 15.8. The van der Waals surface area contributed by atoms with E-state index >= 15 is 0 Å². The zero-order valence-electron chi connectivity index (χ0n) is 30.4. The van der Waals surface area contributed by atoms with Crippen molar-refractivity contribution in [3.8, 4) is 0 Å². The minimum absolute atomic E-state index is 0.0680. The number of nitrogens with one attached hydrogen (secondary N) is 4. The first-order chi connectivity index (χ1) is 22.0. The number of hydrogen-bond donors (Lipinski definition) is 6. The molecule has 0 rings (SSSR count). The van der Waals surface area contributed by atoms with E-state index in [9.17, 15) is 33.6 Å². The minimum Gasteiger partial charge on any atom is -0.480 e. The summed E-state index contributed by atoms with van der Waals surface area (Å²) in [6, 6.07) is -2.83. The van der Waals surface area contributed by atoms with E-state index < -0.39 is 82.8 Å². The van der Waals surface area contributed by atoms with Crippen LogP contribution in [0.25, 0.3) is 0 Å². The SMILES string of the molecule is C=CN(/C=C(\N)C[C@H](NC(=O)OC(C)(C)C)C(=O)NC(C)(C)C(=O)N[C@@H](CCC(=O)OC(C)(C)C)C(=O)NCC(=O)O)C(=O)OC(C)(C)C. The molecular weight excluding hydrogens is 644 g/mol. The van der Waals surface area contributed by atoms with Gasteiger partial charge in [0.25, 0.3) is 0 Å². The lowest BCUT2D eigenvalue weighted by molar-refractivity contribution is -0.155. The largest absolute Gasteiger partial charge is 0.480 e. The van der Waals surface area contributed by atoms with Crippen molar-refractivity contribution in [3.05, 3.63) is 24.7 Å². The van der Waals surface area contributed by atoms with Gasteiger partial charge in [0.15, 0.2) is 0 Å². The maximum atomic E-state index is 13.5. The Morgan fingerprint density at radius 3 is 1.80 bits per heavy atom. The molecule has 2 atom stereocenters. The predicted octanol–water partition coefficient (Wildman–Crippen LogP) is 2.15. The van der Waals surface area contributed by atoms with E-state index in [2.05, 4.69) is 27.8 Å². The number of rotatable bonds is 15. The first-order valence-electron chi connectivity index (χ1n) is 15.5. The van der Waals surface area contributed by atoms with Crippen LogP contribution in [0.1, 0.15) is 95.4 Å². The second-order valence-corrected chi connectivity index (χ2v) is 14.6. The summed E-state index contributed by atoms with van der Waals surface area (Å²) in [5, 5.41) is 18.5. The van der Waals surface area contributed by atoms with Crippen molar-refractivity contribution in [2.75, 3.05) is 6.54 Å². The second-order valence-electron chi connectivity index (χ2n) is 14.6. The lowest BCUT2D eigenvalue weighted by Crippen LogP contribution is -2.62. The number of aliphatic carboxylic acids is 1. The first-order valence-corrected chi connectivity index (χ1v) is 15.5. The van der Waals surface area contributed by atoms with Gasteiger partial charge >= 0.3 is 24.1 Å². The highest BCUT2D eigenvalue weighted by Crippen LogP contribution is 2.15. The molecule has 0 saturated carbocycles. The molecule has 0 spiro atoms. The summed E-state index contributed by atoms with van der Waals surface area (Å²) in [6.07, 6.45) is -0.416. The maximum absolute atomic E-state index is 13.5. The zero-order chi connectivity index (χ0) is 38.5. The average molecular weight is 699 g/mol. The Morgan fingerprint density at radius 2 is 1.33 bits per heavy atom. The van der Waals surface area contributed by atoms with E-state index in [-0.39, 0.29) is 25.0 Å². The predicted molar refractivity (Wildman–Crippen MR) is 178 cm³/mol. The van der Waals surface area contributed by atoms with Crippen molar-refractivity contribution < 1.29 is 52.9 Å². The molecule has 0 aromatic heterocycles. The van der Waals surface area contributed by atoms with Gasteiger partial charge < -0.3 is 46.3 Å². The van der Waals surface area contributed by atoms with Crippen LogP contribution in [-0.2, 0) is 38.2 Å². The fourth-order valence-corrected chi connectivity index (χ4v) is 3.62. The van der Waals surface area contributed by atoms with Gasteiger partial charge in [0.05, 0.1) is 0 Å². The molecule has 0 aliphatic carbocycles. The molecule has 0 saturated heterocycles. The molecule has 0 aromatic rings. The Kier molecular flexibility index (Phi) is 16.3. The Bertz CT molecular complexity index is 1270. The summed E-state index contributed by atoms with van der Waals surface area (Å²) in [7, 11) is 0. The molecule has 0 unspecified atom stereocenters. The molecule has 49 heavy (non-hydrogen) atoms. The third-order valence-electron chi connectivity index (χ3n) is 5.65. The van der Waals surface area contributed by atoms with Crippen molar-refractivity contribution >= 4 is 41.8 Å². The van der Waals surface area contributed by atoms with E-state index in [4.69, 9.17) is 25.1 Å². The lowest BCUT2D eigenvalue weighted by atomic mass is 10.0. The number of amides is 5. The minimum atomic E-state index is -1.75. The van der Waals surface area contributed by atoms with Gasteiger partial charge in [-0.05, 0) is 82.6 Å². The van der Waals surface area contributed by atoms with Crippen LogP contribution < -0.4 is 27.0 Å². The van der Waals surface area contributed by atoms with Crippen LogP contribution >= 0.6 is 0 Å². The number of carbonyl (C=O) groups excluding carboxylic acids is 6. The van der Waals surface area contributed by atoms with E-state index in [1.807, 2.05) is 0 Å². The number of carbonyl (C=O) groups is 7. The average Bonchev–Trinajstić information content (AvgIpc) is 2.88. The monoisotopic (exact) mass is 698 g/mol. The fourth-order valence-electron chi connectivity index (χ4n) is 3.62. The van der Waals surface area contributed by atoms with Gasteiger partial charge in [-0.25, -0.2) is 9.59 Å². The molecule has 0 aromatic carbocycles. The molecule has 0 fully saturated rings. The smallest absolute Gasteiger partial charge is 0.418 e. The summed E-state index contributed by atoms with van der Waals surface area (Å²) in [6.45, 7) is 20.2. The van der Waals surface area contributed by atoms with Gasteiger partial charge in [-0.2, -0.15) is 0 Å². The number of ether oxygens (including phenoxy) is 3. The van der Waals surface area contributed by atoms with Crippen LogP contribution in [0.2, 0.25) is 0 Å². The highest BCUT2D eigenvalue weighted by atomic mass is 16.6. The summed E-state index contributed by atoms with van der Waals surface area (Å²) in [5.41, 5.74) is 1.76. The van der Waals surface area contributed by atoms with Gasteiger partial charge in [0.1, 0.15) is 41.0 Å². The van der Waals surface area contributed by atoms with Crippen LogP contribution in [0.4, 0.5) is 9.59 Å². The van der Waals surface area contributed by atoms with Crippen LogP contribution in [0.5, 0.6) is 0 Å². The normalized spacial score (nSPS) is 13.5. The highest BCUT2D eigenvalue weighted by molar-refractivity contribution is 5.96. The van der Waals surface area contributed by atoms with E-state index in [0.29, 0.717) is 0 Å². The molecule has 0 radical (unpaired) electrons. The Morgan fingerprint density at radius 1 is 0.796 bits per heavy atom. The van der Waals surface area contributed by atoms with Gasteiger partial charge in [-0.3, -0.25) is 28.9 Å². The lowest BCUT2D eigenvalue weighted by Gasteiger charge is -2.30. The number of nitrogens with two attached hydrogens (primary N) is 1. The second kappa shape index (κ2) is 18.1. The summed E-state index contributed by atoms with van der Waals surface area (Å²) in [4.78, 5) is 89.2. The van der Waals surface area contributed by atoms with Crippen molar-refractivity contribution in [1.82, 2.24) is 26.2 Å². The summed E-state index contributed by atoms with van der Waals surface area (Å²) >= 11 is 0. The van der Waals surface area contributed by atoms with Crippen molar-refractivity contribution in [3.63, 3.8) is 0 Å². The number of nitrogens with zero attached hydrogens (tertiary/aromatic N) is 1. The van der Waals surface area contributed by atoms with Crippen LogP contribution in [0.15, 0.2) is 24.7 Å². The number of carboxylic acid groups (broad SMARTS) is 1. The summed E-state index contributed by atoms with van der Waals surface area (Å²) in [5.74, 6) is -4.67. The molecule has 7 N–H and O–H groups in total. The third kappa shape index (κ3) is 19.6. The quantitative estimate of drug-likeness (QED) is 0.106. The van der Waals surface area contributed by atoms with E-state index in [0.717, 1.165) is 17.3 Å². The molecule has 0 bridgehead atoms. The van der Waals surface area contributed by atoms with Crippen molar-refractivity contribution in [2.24, 2.45) is 5.73 Å². The van der Waals surface area contributed by atoms with E-state index in [1.54, 1.807) is 62.3 Å². The van der Waals surface area contributed by atoms with Crippen molar-refractivity contribution in [1.29, 1.82) is 0 Å². The number of alkyl carbamates (subject to hydrolysis) is 1. The Balaban J connectivity index is 6.16. The highest BCUT2D eigenvalue weighted by Gasteiger charge is 2.36. The van der Waals surface area contributed by atoms with Gasteiger partial charge in [0, 0.05) is 30.9 Å². The maximum Gasteiger partial charge on any atom is 0.418 e. The Labute approximate surface area is 287 Å². The molecule has 17 heteroatoms. The zero-order valence-corrected chi connectivity index (χ0v) is 30.4. The molecule has 278 valence electrons. The fraction of sp³-hybridized carbons (Fsp3) is 0.656. The standard InChI is InChI=1S/C32H54N6O11/c1-13-38(28(46)49-31(8,9)10)18-19(33)16-21(36-27(45)48-30(5,6)7)25(43)37-32(11,12)26(44)35-20(24(42)34-17-22(39)40)14-15-23(41)47-29(2,3)4/h13,18,20-21H,1,14-17,33H2,2-12H3,(H,34,42)(H,35,44)(H,36,45)(H,37,43)(H,39,40)/b19-18-/t20-,21-/m0/s1. The topological polar surface area (TPSA) is 245 Å². The molecule has 17 nitrogen and oxygen atoms in total. The van der Waals surface area contributed by atoms with Crippen molar-refractivity contribution in [2.45, 2.75) is 130 Å². The van der Waals surface area contributed by atoms with E-state index in [1.165, 1.54) is 13.8 Å². The number of carboxylic acids is 1. The van der Waals surface area contributed by atoms with Gasteiger partial charge in [-0.15, -0.1) is 0 Å². The van der Waals surface area contributed by atoms with Gasteiger partial charge in [0.2, 0.25) is 17.7 Å². The van der Waals surface area contributed by atoms with Crippen LogP contribution in [0, 0.1) is 0 Å². The molecule has 0 heterocycles. The molecule has 5 amide bonds. The molecule has 0 aliphatic rings. The van der Waals surface area contributed by atoms with Gasteiger partial charge in [-0.1, -0.05) is 6.58 Å². The molecule has 0 aliphatic heterocycles. The number of esters is 1. The van der Waals surface area contributed by atoms with Crippen LogP contribution in [-0.4, -0.2) is 92.8 Å².